The highest BCUT2D eigenvalue weighted by atomic mass is 32.2. The monoisotopic (exact) mass is 279 g/mol. The van der Waals surface area contributed by atoms with Crippen LogP contribution in [0, 0.1) is 0 Å². The molecule has 0 heterocycles. The molecule has 100 valence electrons. The molecule has 1 rings (SSSR count). The van der Waals surface area contributed by atoms with Gasteiger partial charge in [-0.2, -0.15) is 13.2 Å². The predicted octanol–water partition coefficient (Wildman–Crippen LogP) is 2.41. The van der Waals surface area contributed by atoms with Crippen molar-refractivity contribution in [1.82, 2.24) is 5.32 Å². The predicted molar refractivity (Wildman–Crippen MR) is 62.4 cm³/mol. The van der Waals surface area contributed by atoms with Gasteiger partial charge in [-0.25, -0.2) is 0 Å². The summed E-state index contributed by atoms with van der Waals surface area (Å²) in [7, 11) is 0. The summed E-state index contributed by atoms with van der Waals surface area (Å²) in [6.45, 7) is 1.42. The van der Waals surface area contributed by atoms with Crippen LogP contribution in [0.4, 0.5) is 13.2 Å². The van der Waals surface area contributed by atoms with E-state index >= 15 is 0 Å². The van der Waals surface area contributed by atoms with Crippen LogP contribution in [0.3, 0.4) is 0 Å². The van der Waals surface area contributed by atoms with Gasteiger partial charge in [0.2, 0.25) is 0 Å². The lowest BCUT2D eigenvalue weighted by Crippen LogP contribution is -2.34. The number of carbonyl (C=O) groups is 1. The zero-order chi connectivity index (χ0) is 13.8. The number of halogens is 3. The number of nitrogens with one attached hydrogen (secondary N) is 1. The minimum absolute atomic E-state index is 0.0225. The lowest BCUT2D eigenvalue weighted by molar-refractivity contribution is -0.0328. The Morgan fingerprint density at radius 2 is 1.94 bits per heavy atom. The molecule has 7 heteroatoms. The van der Waals surface area contributed by atoms with Crippen molar-refractivity contribution in [3.05, 3.63) is 29.8 Å². The number of hydrogen-bond donors (Lipinski definition) is 2. The van der Waals surface area contributed by atoms with Crippen molar-refractivity contribution in [2.45, 2.75) is 23.4 Å². The Hall–Kier alpha value is -1.21. The van der Waals surface area contributed by atoms with E-state index in [1.807, 2.05) is 0 Å². The van der Waals surface area contributed by atoms with E-state index in [1.54, 1.807) is 6.92 Å². The lowest BCUT2D eigenvalue weighted by atomic mass is 10.2. The van der Waals surface area contributed by atoms with E-state index in [4.69, 9.17) is 5.11 Å². The Morgan fingerprint density at radius 3 is 2.39 bits per heavy atom. The summed E-state index contributed by atoms with van der Waals surface area (Å²) < 4.78 is 36.2. The maximum Gasteiger partial charge on any atom is 0.446 e. The largest absolute Gasteiger partial charge is 0.446 e. The van der Waals surface area contributed by atoms with E-state index in [0.29, 0.717) is 0 Å². The first-order valence-electron chi connectivity index (χ1n) is 5.09. The van der Waals surface area contributed by atoms with Crippen LogP contribution in [-0.2, 0) is 0 Å². The number of benzene rings is 1. The minimum Gasteiger partial charge on any atom is -0.394 e. The highest BCUT2D eigenvalue weighted by molar-refractivity contribution is 8.00. The zero-order valence-electron chi connectivity index (χ0n) is 9.49. The Balaban J connectivity index is 2.68. The van der Waals surface area contributed by atoms with E-state index in [9.17, 15) is 18.0 Å². The second-order valence-corrected chi connectivity index (χ2v) is 4.77. The third kappa shape index (κ3) is 4.97. The molecular weight excluding hydrogens is 267 g/mol. The average molecular weight is 279 g/mol. The topological polar surface area (TPSA) is 49.3 Å². The van der Waals surface area contributed by atoms with Gasteiger partial charge in [0, 0.05) is 16.5 Å². The Bertz CT molecular complexity index is 406. The molecule has 0 saturated carbocycles. The quantitative estimate of drug-likeness (QED) is 0.832. The van der Waals surface area contributed by atoms with Gasteiger partial charge in [-0.15, -0.1) is 0 Å². The molecule has 1 aromatic carbocycles. The first-order chi connectivity index (χ1) is 8.31. The van der Waals surface area contributed by atoms with Gasteiger partial charge in [0.05, 0.1) is 6.61 Å². The van der Waals surface area contributed by atoms with Gasteiger partial charge >= 0.3 is 5.51 Å². The minimum atomic E-state index is -4.34. The Kier molecular flexibility index (Phi) is 5.03. The van der Waals surface area contributed by atoms with Crippen molar-refractivity contribution in [3.8, 4) is 0 Å². The molecular formula is C11H12F3NO2S. The third-order valence-corrected chi connectivity index (χ3v) is 2.74. The van der Waals surface area contributed by atoms with Crippen LogP contribution in [0.15, 0.2) is 29.2 Å². The SMILES string of the molecule is CC(CO)NC(=O)c1ccc(SC(F)(F)F)cc1. The summed E-state index contributed by atoms with van der Waals surface area (Å²) in [5.41, 5.74) is -4.09. The fraction of sp³-hybridized carbons (Fsp3) is 0.364. The van der Waals surface area contributed by atoms with Crippen molar-refractivity contribution >= 4 is 17.7 Å². The standard InChI is InChI=1S/C11H12F3NO2S/c1-7(6-16)15-10(17)8-2-4-9(5-3-8)18-11(12,13)14/h2-5,7,16H,6H2,1H3,(H,15,17). The molecule has 0 bridgehead atoms. The van der Waals surface area contributed by atoms with Crippen molar-refractivity contribution in [2.75, 3.05) is 6.61 Å². The van der Waals surface area contributed by atoms with E-state index in [-0.39, 0.29) is 28.8 Å². The number of rotatable bonds is 4. The number of carbonyl (C=O) groups excluding carboxylic acids is 1. The first-order valence-corrected chi connectivity index (χ1v) is 5.91. The summed E-state index contributed by atoms with van der Waals surface area (Å²) in [5, 5.41) is 11.3. The molecule has 3 nitrogen and oxygen atoms in total. The van der Waals surface area contributed by atoms with Gasteiger partial charge in [-0.05, 0) is 43.0 Å². The van der Waals surface area contributed by atoms with Gasteiger partial charge in [0.25, 0.3) is 5.91 Å². The molecule has 0 saturated heterocycles. The number of amides is 1. The number of aliphatic hydroxyl groups excluding tert-OH is 1. The van der Waals surface area contributed by atoms with Crippen LogP contribution in [0.2, 0.25) is 0 Å². The lowest BCUT2D eigenvalue weighted by Gasteiger charge is -2.11. The maximum atomic E-state index is 12.1. The second kappa shape index (κ2) is 6.10. The highest BCUT2D eigenvalue weighted by Crippen LogP contribution is 2.36. The van der Waals surface area contributed by atoms with Crippen molar-refractivity contribution in [3.63, 3.8) is 0 Å². The van der Waals surface area contributed by atoms with Crippen LogP contribution >= 0.6 is 11.8 Å². The van der Waals surface area contributed by atoms with E-state index in [0.717, 1.165) is 0 Å². The maximum absolute atomic E-state index is 12.1. The Labute approximate surface area is 106 Å². The van der Waals surface area contributed by atoms with Crippen LogP contribution in [0.25, 0.3) is 0 Å². The summed E-state index contributed by atoms with van der Waals surface area (Å²) >= 11 is -0.232. The molecule has 0 fully saturated rings. The second-order valence-electron chi connectivity index (χ2n) is 3.63. The van der Waals surface area contributed by atoms with Gasteiger partial charge in [0.15, 0.2) is 0 Å². The molecule has 1 aromatic rings. The molecule has 0 radical (unpaired) electrons. The molecule has 18 heavy (non-hydrogen) atoms. The smallest absolute Gasteiger partial charge is 0.394 e. The zero-order valence-corrected chi connectivity index (χ0v) is 10.3. The van der Waals surface area contributed by atoms with Crippen molar-refractivity contribution in [1.29, 1.82) is 0 Å². The Morgan fingerprint density at radius 1 is 1.39 bits per heavy atom. The van der Waals surface area contributed by atoms with E-state index in [2.05, 4.69) is 5.32 Å². The van der Waals surface area contributed by atoms with Crippen molar-refractivity contribution in [2.24, 2.45) is 0 Å². The number of aliphatic hydroxyl groups is 1. The van der Waals surface area contributed by atoms with Crippen LogP contribution in [0.5, 0.6) is 0 Å². The van der Waals surface area contributed by atoms with Crippen LogP contribution in [-0.4, -0.2) is 29.2 Å². The number of hydrogen-bond acceptors (Lipinski definition) is 3. The van der Waals surface area contributed by atoms with Gasteiger partial charge in [-0.1, -0.05) is 0 Å². The van der Waals surface area contributed by atoms with Crippen molar-refractivity contribution < 1.29 is 23.1 Å². The fourth-order valence-corrected chi connectivity index (χ4v) is 1.70. The van der Waals surface area contributed by atoms with Crippen LogP contribution in [0.1, 0.15) is 17.3 Å². The van der Waals surface area contributed by atoms with Gasteiger partial charge in [0.1, 0.15) is 0 Å². The summed E-state index contributed by atoms with van der Waals surface area (Å²) in [6.07, 6.45) is 0. The molecule has 0 aromatic heterocycles. The number of thioether (sulfide) groups is 1. The van der Waals surface area contributed by atoms with E-state index in [1.165, 1.54) is 24.3 Å². The average Bonchev–Trinajstić information content (AvgIpc) is 2.27. The third-order valence-electron chi connectivity index (χ3n) is 2.00. The molecule has 1 atom stereocenters. The first kappa shape index (κ1) is 14.8. The summed E-state index contributed by atoms with van der Waals surface area (Å²) in [6, 6.07) is 4.69. The van der Waals surface area contributed by atoms with Gasteiger partial charge < -0.3 is 10.4 Å². The number of alkyl halides is 3. The molecule has 0 aliphatic rings. The molecule has 0 aliphatic carbocycles. The van der Waals surface area contributed by atoms with Crippen LogP contribution < -0.4 is 5.32 Å². The highest BCUT2D eigenvalue weighted by Gasteiger charge is 2.29. The van der Waals surface area contributed by atoms with E-state index < -0.39 is 17.5 Å². The molecule has 0 aliphatic heterocycles. The molecule has 0 spiro atoms. The normalized spacial score (nSPS) is 13.2. The molecule has 1 unspecified atom stereocenters. The molecule has 1 amide bonds. The molecule has 2 N–H and O–H groups in total. The van der Waals surface area contributed by atoms with Gasteiger partial charge in [-0.3, -0.25) is 4.79 Å². The summed E-state index contributed by atoms with van der Waals surface area (Å²) in [5.74, 6) is -0.430. The fourth-order valence-electron chi connectivity index (χ4n) is 1.16. The summed E-state index contributed by atoms with van der Waals surface area (Å²) in [4.78, 5) is 11.6.